The van der Waals surface area contributed by atoms with Crippen molar-refractivity contribution in [2.45, 2.75) is 65.1 Å². The molecule has 6 nitrogen and oxygen atoms in total. The molecule has 0 amide bonds. The van der Waals surface area contributed by atoms with E-state index in [0.29, 0.717) is 6.42 Å². The number of hydrogen-bond donors (Lipinski definition) is 2. The number of benzene rings is 1. The summed E-state index contributed by atoms with van der Waals surface area (Å²) < 4.78 is 5.18. The molecule has 0 aliphatic carbocycles. The summed E-state index contributed by atoms with van der Waals surface area (Å²) in [7, 11) is 0. The van der Waals surface area contributed by atoms with Crippen molar-refractivity contribution in [2.75, 3.05) is 0 Å². The number of phenolic OH excluding ortho intramolecular Hbond substituents is 1. The topological polar surface area (TPSA) is 102 Å². The monoisotopic (exact) mass is 324 g/mol. The number of nitroso groups, excluding NO2 is 1. The largest absolute Gasteiger partial charge is 0.508 e. The Balaban J connectivity index is 0.000000688. The Morgan fingerprint density at radius 3 is 1.96 bits per heavy atom. The Labute approximate surface area is 138 Å². The van der Waals surface area contributed by atoms with Crippen molar-refractivity contribution in [3.05, 3.63) is 34.7 Å². The molecule has 0 aliphatic rings. The standard InChI is InChI=1S/C13H19NO3.C4H9NO/c1-13(2,3)17-12(16)11(14)8-9-4-6-10(15)7-5-9;1-4(2,3)5-6/h4-7,11,15H,8,14H2,1-3H3;1-3H3. The summed E-state index contributed by atoms with van der Waals surface area (Å²) in [6.45, 7) is 10.7. The number of phenols is 1. The summed E-state index contributed by atoms with van der Waals surface area (Å²) in [6, 6.07) is 5.92. The third-order valence-corrected chi connectivity index (χ3v) is 2.38. The summed E-state index contributed by atoms with van der Waals surface area (Å²) in [5, 5.41) is 11.9. The zero-order chi connectivity index (χ0) is 18.3. The Morgan fingerprint density at radius 1 is 1.17 bits per heavy atom. The first-order valence-electron chi connectivity index (χ1n) is 7.45. The van der Waals surface area contributed by atoms with Crippen LogP contribution in [0, 0.1) is 4.91 Å². The third kappa shape index (κ3) is 11.3. The molecule has 0 fully saturated rings. The highest BCUT2D eigenvalue weighted by molar-refractivity contribution is 5.76. The fraction of sp³-hybridized carbons (Fsp3) is 0.588. The predicted octanol–water partition coefficient (Wildman–Crippen LogP) is 3.16. The van der Waals surface area contributed by atoms with E-state index < -0.39 is 17.6 Å². The average Bonchev–Trinajstić information content (AvgIpc) is 2.39. The second-order valence-electron chi connectivity index (χ2n) is 7.27. The van der Waals surface area contributed by atoms with E-state index in [9.17, 15) is 9.70 Å². The number of nitrogens with two attached hydrogens (primary N) is 1. The number of carbonyl (C=O) groups is 1. The van der Waals surface area contributed by atoms with Crippen molar-refractivity contribution in [2.24, 2.45) is 10.9 Å². The summed E-state index contributed by atoms with van der Waals surface area (Å²) in [4.78, 5) is 21.2. The predicted molar refractivity (Wildman–Crippen MR) is 91.2 cm³/mol. The molecular formula is C17H28N2O4. The van der Waals surface area contributed by atoms with Crippen molar-refractivity contribution in [3.63, 3.8) is 0 Å². The Morgan fingerprint density at radius 2 is 1.61 bits per heavy atom. The number of aromatic hydroxyl groups is 1. The molecule has 23 heavy (non-hydrogen) atoms. The molecule has 1 unspecified atom stereocenters. The Hall–Kier alpha value is -1.95. The molecule has 6 heteroatoms. The van der Waals surface area contributed by atoms with Crippen molar-refractivity contribution in [1.29, 1.82) is 0 Å². The second kappa shape index (κ2) is 8.62. The van der Waals surface area contributed by atoms with Gasteiger partial charge in [-0.2, -0.15) is 4.91 Å². The van der Waals surface area contributed by atoms with Crippen LogP contribution in [-0.4, -0.2) is 28.3 Å². The summed E-state index contributed by atoms with van der Waals surface area (Å²) >= 11 is 0. The van der Waals surface area contributed by atoms with E-state index in [2.05, 4.69) is 5.18 Å². The lowest BCUT2D eigenvalue weighted by atomic mass is 10.1. The minimum atomic E-state index is -0.682. The van der Waals surface area contributed by atoms with Gasteiger partial charge in [0.25, 0.3) is 0 Å². The van der Waals surface area contributed by atoms with Gasteiger partial charge in [0.1, 0.15) is 17.4 Å². The van der Waals surface area contributed by atoms with Gasteiger partial charge in [-0.15, -0.1) is 0 Å². The summed E-state index contributed by atoms with van der Waals surface area (Å²) in [5.41, 5.74) is 5.73. The Kier molecular flexibility index (Phi) is 7.89. The molecular weight excluding hydrogens is 296 g/mol. The molecule has 0 aliphatic heterocycles. The van der Waals surface area contributed by atoms with E-state index in [1.165, 1.54) is 0 Å². The van der Waals surface area contributed by atoms with Gasteiger partial charge in [0.15, 0.2) is 0 Å². The minimum absolute atomic E-state index is 0.194. The van der Waals surface area contributed by atoms with Gasteiger partial charge in [-0.25, -0.2) is 0 Å². The SMILES string of the molecule is CC(C)(C)N=O.CC(C)(C)OC(=O)C(N)Cc1ccc(O)cc1. The lowest BCUT2D eigenvalue weighted by Crippen LogP contribution is -2.38. The zero-order valence-corrected chi connectivity index (χ0v) is 14.8. The molecule has 1 aromatic rings. The van der Waals surface area contributed by atoms with Gasteiger partial charge < -0.3 is 15.6 Å². The molecule has 0 bridgehead atoms. The first-order chi connectivity index (χ1) is 10.3. The molecule has 130 valence electrons. The van der Waals surface area contributed by atoms with Crippen LogP contribution in [0.3, 0.4) is 0 Å². The number of rotatable bonds is 3. The van der Waals surface area contributed by atoms with Gasteiger partial charge in [-0.1, -0.05) is 17.3 Å². The van der Waals surface area contributed by atoms with Crippen molar-refractivity contribution >= 4 is 5.97 Å². The fourth-order valence-corrected chi connectivity index (χ4v) is 1.35. The molecule has 1 atom stereocenters. The maximum Gasteiger partial charge on any atom is 0.323 e. The number of esters is 1. The summed E-state index contributed by atoms with van der Waals surface area (Å²) in [6.07, 6.45) is 0.398. The lowest BCUT2D eigenvalue weighted by molar-refractivity contribution is -0.156. The van der Waals surface area contributed by atoms with Gasteiger partial charge in [0.05, 0.1) is 5.54 Å². The van der Waals surface area contributed by atoms with E-state index in [0.717, 1.165) is 5.56 Å². The third-order valence-electron chi connectivity index (χ3n) is 2.38. The molecule has 1 rings (SSSR count). The van der Waals surface area contributed by atoms with Crippen LogP contribution in [0.15, 0.2) is 29.4 Å². The van der Waals surface area contributed by atoms with Crippen molar-refractivity contribution in [3.8, 4) is 5.75 Å². The molecule has 0 radical (unpaired) electrons. The molecule has 0 saturated carbocycles. The van der Waals surface area contributed by atoms with Crippen LogP contribution in [0.1, 0.15) is 47.1 Å². The van der Waals surface area contributed by atoms with Crippen LogP contribution < -0.4 is 5.73 Å². The molecule has 3 N–H and O–H groups in total. The van der Waals surface area contributed by atoms with Gasteiger partial charge in [-0.05, 0) is 65.7 Å². The number of hydrogen-bond acceptors (Lipinski definition) is 6. The Bertz CT molecular complexity index is 499. The lowest BCUT2D eigenvalue weighted by Gasteiger charge is -2.22. The van der Waals surface area contributed by atoms with E-state index in [-0.39, 0.29) is 11.3 Å². The van der Waals surface area contributed by atoms with Crippen molar-refractivity contribution in [1.82, 2.24) is 0 Å². The van der Waals surface area contributed by atoms with Crippen LogP contribution in [0.2, 0.25) is 0 Å². The first kappa shape index (κ1) is 21.0. The molecule has 1 aromatic carbocycles. The molecule has 0 heterocycles. The van der Waals surface area contributed by atoms with Crippen LogP contribution in [0.5, 0.6) is 5.75 Å². The van der Waals surface area contributed by atoms with E-state index in [1.807, 2.05) is 0 Å². The zero-order valence-electron chi connectivity index (χ0n) is 14.8. The van der Waals surface area contributed by atoms with Crippen LogP contribution in [0.25, 0.3) is 0 Å². The van der Waals surface area contributed by atoms with E-state index in [4.69, 9.17) is 15.6 Å². The maximum absolute atomic E-state index is 11.6. The molecule has 0 aromatic heterocycles. The summed E-state index contributed by atoms with van der Waals surface area (Å²) in [5.74, 6) is -0.217. The van der Waals surface area contributed by atoms with Crippen LogP contribution in [-0.2, 0) is 16.0 Å². The van der Waals surface area contributed by atoms with E-state index in [1.54, 1.807) is 65.8 Å². The molecule has 0 spiro atoms. The van der Waals surface area contributed by atoms with Gasteiger partial charge >= 0.3 is 5.97 Å². The maximum atomic E-state index is 11.6. The first-order valence-corrected chi connectivity index (χ1v) is 7.45. The van der Waals surface area contributed by atoms with Gasteiger partial charge in [-0.3, -0.25) is 4.79 Å². The fourth-order valence-electron chi connectivity index (χ4n) is 1.35. The van der Waals surface area contributed by atoms with Crippen LogP contribution in [0.4, 0.5) is 0 Å². The van der Waals surface area contributed by atoms with Crippen LogP contribution >= 0.6 is 0 Å². The van der Waals surface area contributed by atoms with Crippen molar-refractivity contribution < 1.29 is 14.6 Å². The highest BCUT2D eigenvalue weighted by Gasteiger charge is 2.22. The minimum Gasteiger partial charge on any atom is -0.508 e. The smallest absolute Gasteiger partial charge is 0.323 e. The average molecular weight is 324 g/mol. The second-order valence-corrected chi connectivity index (χ2v) is 7.27. The van der Waals surface area contributed by atoms with Gasteiger partial charge in [0, 0.05) is 0 Å². The normalized spacial score (nSPS) is 12.7. The van der Waals surface area contributed by atoms with E-state index >= 15 is 0 Å². The number of carbonyl (C=O) groups excluding carboxylic acids is 1. The number of nitrogens with zero attached hydrogens (tertiary/aromatic N) is 1. The number of ether oxygens (including phenoxy) is 1. The molecule has 0 saturated heterocycles. The van der Waals surface area contributed by atoms with Gasteiger partial charge in [0.2, 0.25) is 0 Å². The highest BCUT2D eigenvalue weighted by atomic mass is 16.6. The quantitative estimate of drug-likeness (QED) is 0.657. The highest BCUT2D eigenvalue weighted by Crippen LogP contribution is 2.13.